The van der Waals surface area contributed by atoms with E-state index >= 15 is 0 Å². The van der Waals surface area contributed by atoms with Crippen LogP contribution in [-0.4, -0.2) is 46.0 Å². The number of nitrogens with zero attached hydrogens (tertiary/aromatic N) is 1. The Morgan fingerprint density at radius 2 is 1.71 bits per heavy atom. The molecule has 128 valence electrons. The van der Waals surface area contributed by atoms with Crippen LogP contribution in [0.15, 0.2) is 59.5 Å². The minimum atomic E-state index is -3.59. The minimum Gasteiger partial charge on any atom is -0.490 e. The van der Waals surface area contributed by atoms with Crippen LogP contribution < -0.4 is 4.74 Å². The van der Waals surface area contributed by atoms with Crippen LogP contribution >= 0.6 is 0 Å². The van der Waals surface area contributed by atoms with Crippen LogP contribution in [0.3, 0.4) is 0 Å². The molecule has 0 radical (unpaired) electrons. The zero-order chi connectivity index (χ0) is 17.6. The SMILES string of the molecule is CN(C)S(=O)(=O)c1cccc(C(=O)OCCOc2ccccc2)c1. The van der Waals surface area contributed by atoms with E-state index in [1.165, 1.54) is 38.4 Å². The third kappa shape index (κ3) is 4.56. The number of hydrogen-bond acceptors (Lipinski definition) is 5. The number of carbonyl (C=O) groups is 1. The molecule has 0 aliphatic carbocycles. The van der Waals surface area contributed by atoms with Crippen LogP contribution in [0, 0.1) is 0 Å². The van der Waals surface area contributed by atoms with Crippen molar-refractivity contribution in [1.82, 2.24) is 4.31 Å². The van der Waals surface area contributed by atoms with Crippen LogP contribution in [0.1, 0.15) is 10.4 Å². The zero-order valence-electron chi connectivity index (χ0n) is 13.5. The van der Waals surface area contributed by atoms with Gasteiger partial charge in [0.2, 0.25) is 10.0 Å². The second-order valence-electron chi connectivity index (χ2n) is 5.11. The van der Waals surface area contributed by atoms with E-state index in [0.29, 0.717) is 5.75 Å². The summed E-state index contributed by atoms with van der Waals surface area (Å²) < 4.78 is 35.8. The van der Waals surface area contributed by atoms with Crippen LogP contribution in [0.2, 0.25) is 0 Å². The standard InChI is InChI=1S/C17H19NO5S/c1-18(2)24(20,21)16-10-6-7-14(13-16)17(19)23-12-11-22-15-8-4-3-5-9-15/h3-10,13H,11-12H2,1-2H3. The van der Waals surface area contributed by atoms with Gasteiger partial charge in [0.15, 0.2) is 0 Å². The van der Waals surface area contributed by atoms with Gasteiger partial charge in [-0.25, -0.2) is 17.5 Å². The fourth-order valence-electron chi connectivity index (χ4n) is 1.89. The van der Waals surface area contributed by atoms with Crippen molar-refractivity contribution < 1.29 is 22.7 Å². The number of carbonyl (C=O) groups excluding carboxylic acids is 1. The van der Waals surface area contributed by atoms with Crippen LogP contribution in [0.5, 0.6) is 5.75 Å². The summed E-state index contributed by atoms with van der Waals surface area (Å²) in [6.07, 6.45) is 0. The lowest BCUT2D eigenvalue weighted by molar-refractivity contribution is 0.0450. The van der Waals surface area contributed by atoms with Crippen LogP contribution in [0.25, 0.3) is 0 Å². The molecule has 0 amide bonds. The Morgan fingerprint density at radius 1 is 1.00 bits per heavy atom. The van der Waals surface area contributed by atoms with Crippen molar-refractivity contribution in [3.8, 4) is 5.75 Å². The topological polar surface area (TPSA) is 72.9 Å². The quantitative estimate of drug-likeness (QED) is 0.566. The number of para-hydroxylation sites is 1. The summed E-state index contributed by atoms with van der Waals surface area (Å²) >= 11 is 0. The maximum absolute atomic E-state index is 12.1. The second-order valence-corrected chi connectivity index (χ2v) is 7.26. The Balaban J connectivity index is 1.93. The number of hydrogen-bond donors (Lipinski definition) is 0. The van der Waals surface area contributed by atoms with Crippen LogP contribution in [-0.2, 0) is 14.8 Å². The van der Waals surface area contributed by atoms with Gasteiger partial charge in [0, 0.05) is 14.1 Å². The largest absolute Gasteiger partial charge is 0.490 e. The zero-order valence-corrected chi connectivity index (χ0v) is 14.3. The Kier molecular flexibility index (Phi) is 5.94. The first-order valence-electron chi connectivity index (χ1n) is 7.29. The van der Waals surface area contributed by atoms with Crippen molar-refractivity contribution in [2.75, 3.05) is 27.3 Å². The number of ether oxygens (including phenoxy) is 2. The molecule has 0 fully saturated rings. The van der Waals surface area contributed by atoms with Crippen molar-refractivity contribution in [1.29, 1.82) is 0 Å². The molecule has 6 nitrogen and oxygen atoms in total. The van der Waals surface area contributed by atoms with E-state index in [1.807, 2.05) is 18.2 Å². The molecule has 0 saturated carbocycles. The molecule has 0 bridgehead atoms. The van der Waals surface area contributed by atoms with Gasteiger partial charge in [-0.05, 0) is 30.3 Å². The van der Waals surface area contributed by atoms with Crippen LogP contribution in [0.4, 0.5) is 0 Å². The summed E-state index contributed by atoms with van der Waals surface area (Å²) in [7, 11) is -0.730. The fraction of sp³-hybridized carbons (Fsp3) is 0.235. The average molecular weight is 349 g/mol. The molecule has 0 heterocycles. The highest BCUT2D eigenvalue weighted by atomic mass is 32.2. The summed E-state index contributed by atoms with van der Waals surface area (Å²) in [5.74, 6) is 0.0927. The summed E-state index contributed by atoms with van der Waals surface area (Å²) in [6, 6.07) is 14.9. The highest BCUT2D eigenvalue weighted by molar-refractivity contribution is 7.89. The summed E-state index contributed by atoms with van der Waals surface area (Å²) in [5.41, 5.74) is 0.178. The van der Waals surface area contributed by atoms with Gasteiger partial charge in [-0.1, -0.05) is 24.3 Å². The third-order valence-corrected chi connectivity index (χ3v) is 4.99. The molecule has 0 atom stereocenters. The highest BCUT2D eigenvalue weighted by Crippen LogP contribution is 2.15. The first kappa shape index (κ1) is 18.0. The third-order valence-electron chi connectivity index (χ3n) is 3.18. The molecular weight excluding hydrogens is 330 g/mol. The molecule has 0 unspecified atom stereocenters. The fourth-order valence-corrected chi connectivity index (χ4v) is 2.84. The summed E-state index contributed by atoms with van der Waals surface area (Å²) in [6.45, 7) is 0.282. The second kappa shape index (κ2) is 7.94. The normalized spacial score (nSPS) is 11.3. The summed E-state index contributed by atoms with van der Waals surface area (Å²) in [4.78, 5) is 12.1. The van der Waals surface area contributed by atoms with Gasteiger partial charge in [0.25, 0.3) is 0 Å². The Bertz CT molecular complexity index is 788. The van der Waals surface area contributed by atoms with Gasteiger partial charge in [-0.3, -0.25) is 0 Å². The van der Waals surface area contributed by atoms with Crippen molar-refractivity contribution in [3.63, 3.8) is 0 Å². The molecule has 0 saturated heterocycles. The molecule has 0 spiro atoms. The predicted molar refractivity (Wildman–Crippen MR) is 89.5 cm³/mol. The smallest absolute Gasteiger partial charge is 0.338 e. The van der Waals surface area contributed by atoms with E-state index in [4.69, 9.17) is 9.47 Å². The van der Waals surface area contributed by atoms with E-state index < -0.39 is 16.0 Å². The van der Waals surface area contributed by atoms with E-state index in [0.717, 1.165) is 4.31 Å². The number of benzene rings is 2. The maximum Gasteiger partial charge on any atom is 0.338 e. The van der Waals surface area contributed by atoms with Gasteiger partial charge in [0.05, 0.1) is 10.5 Å². The van der Waals surface area contributed by atoms with Gasteiger partial charge in [0.1, 0.15) is 19.0 Å². The Labute approximate surface area is 141 Å². The van der Waals surface area contributed by atoms with Crippen molar-refractivity contribution in [2.24, 2.45) is 0 Å². The minimum absolute atomic E-state index is 0.0440. The van der Waals surface area contributed by atoms with E-state index in [9.17, 15) is 13.2 Å². The van der Waals surface area contributed by atoms with E-state index in [1.54, 1.807) is 12.1 Å². The van der Waals surface area contributed by atoms with Crippen molar-refractivity contribution in [3.05, 3.63) is 60.2 Å². The monoisotopic (exact) mass is 349 g/mol. The molecule has 24 heavy (non-hydrogen) atoms. The first-order chi connectivity index (χ1) is 11.4. The molecule has 2 rings (SSSR count). The molecular formula is C17H19NO5S. The van der Waals surface area contributed by atoms with Gasteiger partial charge in [-0.2, -0.15) is 0 Å². The van der Waals surface area contributed by atoms with E-state index in [2.05, 4.69) is 0 Å². The maximum atomic E-state index is 12.1. The average Bonchev–Trinajstić information content (AvgIpc) is 2.59. The molecule has 0 aromatic heterocycles. The Morgan fingerprint density at radius 3 is 2.38 bits per heavy atom. The first-order valence-corrected chi connectivity index (χ1v) is 8.73. The van der Waals surface area contributed by atoms with Crippen molar-refractivity contribution in [2.45, 2.75) is 4.90 Å². The summed E-state index contributed by atoms with van der Waals surface area (Å²) in [5, 5.41) is 0. The molecule has 2 aromatic rings. The molecule has 0 N–H and O–H groups in total. The van der Waals surface area contributed by atoms with E-state index in [-0.39, 0.29) is 23.7 Å². The predicted octanol–water partition coefficient (Wildman–Crippen LogP) is 2.17. The molecule has 2 aromatic carbocycles. The van der Waals surface area contributed by atoms with Gasteiger partial charge in [-0.15, -0.1) is 0 Å². The highest BCUT2D eigenvalue weighted by Gasteiger charge is 2.19. The Hall–Kier alpha value is -2.38. The lowest BCUT2D eigenvalue weighted by Gasteiger charge is -2.12. The lowest BCUT2D eigenvalue weighted by Crippen LogP contribution is -2.22. The molecule has 0 aliphatic heterocycles. The number of sulfonamides is 1. The molecule has 7 heteroatoms. The number of esters is 1. The van der Waals surface area contributed by atoms with Gasteiger partial charge < -0.3 is 9.47 Å². The molecule has 0 aliphatic rings. The van der Waals surface area contributed by atoms with Gasteiger partial charge >= 0.3 is 5.97 Å². The lowest BCUT2D eigenvalue weighted by atomic mass is 10.2. The number of rotatable bonds is 7. The van der Waals surface area contributed by atoms with Crippen molar-refractivity contribution >= 4 is 16.0 Å².